The van der Waals surface area contributed by atoms with E-state index in [2.05, 4.69) is 6.92 Å². The molecule has 1 saturated carbocycles. The van der Waals surface area contributed by atoms with Gasteiger partial charge in [0.2, 0.25) is 11.8 Å². The van der Waals surface area contributed by atoms with Gasteiger partial charge in [-0.3, -0.25) is 14.5 Å². The van der Waals surface area contributed by atoms with Gasteiger partial charge in [-0.05, 0) is 6.42 Å². The van der Waals surface area contributed by atoms with Gasteiger partial charge in [-0.1, -0.05) is 51.3 Å². The van der Waals surface area contributed by atoms with Crippen molar-refractivity contribution in [1.29, 1.82) is 0 Å². The number of likely N-dealkylation sites (tertiary alicyclic amines) is 1. The third-order valence-corrected chi connectivity index (χ3v) is 5.66. The molecule has 0 bridgehead atoms. The van der Waals surface area contributed by atoms with E-state index < -0.39 is 5.41 Å². The van der Waals surface area contributed by atoms with E-state index in [1.54, 1.807) is 12.1 Å². The van der Waals surface area contributed by atoms with Crippen molar-refractivity contribution >= 4 is 17.5 Å². The molecule has 0 N–H and O–H groups in total. The van der Waals surface area contributed by atoms with Gasteiger partial charge in [0, 0.05) is 23.6 Å². The molecule has 6 heteroatoms. The molecular formula is C19H25N2O4+. The summed E-state index contributed by atoms with van der Waals surface area (Å²) in [5.74, 6) is -0.924. The minimum absolute atomic E-state index is 0.0985. The average molecular weight is 345 g/mol. The van der Waals surface area contributed by atoms with Crippen molar-refractivity contribution in [2.24, 2.45) is 11.8 Å². The molecular weight excluding hydrogens is 320 g/mol. The maximum absolute atomic E-state index is 12.7. The molecule has 0 radical (unpaired) electrons. The van der Waals surface area contributed by atoms with Crippen LogP contribution in [0.2, 0.25) is 0 Å². The van der Waals surface area contributed by atoms with Crippen molar-refractivity contribution in [3.63, 3.8) is 0 Å². The number of amides is 2. The fourth-order valence-corrected chi connectivity index (χ4v) is 4.19. The minimum Gasteiger partial charge on any atom is -0.282 e. The number of para-hydroxylation sites is 1. The largest absolute Gasteiger partial charge is 0.320 e. The average Bonchev–Trinajstić information content (AvgIpc) is 3.17. The Balaban J connectivity index is 1.79. The van der Waals surface area contributed by atoms with Crippen molar-refractivity contribution in [3.05, 3.63) is 34.7 Å². The molecule has 1 saturated heterocycles. The smallest absolute Gasteiger partial charge is 0.282 e. The summed E-state index contributed by atoms with van der Waals surface area (Å²) >= 11 is 0. The number of rotatable bonds is 8. The molecule has 1 aliphatic heterocycles. The van der Waals surface area contributed by atoms with Crippen LogP contribution in [-0.2, 0) is 19.8 Å². The van der Waals surface area contributed by atoms with Crippen LogP contribution >= 0.6 is 0 Å². The summed E-state index contributed by atoms with van der Waals surface area (Å²) in [6.07, 6.45) is 4.12. The van der Waals surface area contributed by atoms with Gasteiger partial charge in [0.1, 0.15) is 0 Å². The van der Waals surface area contributed by atoms with E-state index in [0.29, 0.717) is 22.7 Å². The number of piperidine rings is 1. The molecule has 1 aromatic rings. The Labute approximate surface area is 147 Å². The van der Waals surface area contributed by atoms with Crippen LogP contribution < -0.4 is 0 Å². The molecule has 1 aliphatic carbocycles. The van der Waals surface area contributed by atoms with E-state index >= 15 is 0 Å². The normalized spacial score (nSPS) is 27.4. The van der Waals surface area contributed by atoms with Crippen LogP contribution in [0.3, 0.4) is 0 Å². The lowest BCUT2D eigenvalue weighted by Gasteiger charge is -2.22. The van der Waals surface area contributed by atoms with Gasteiger partial charge in [0.05, 0.1) is 16.7 Å². The lowest BCUT2D eigenvalue weighted by molar-refractivity contribution is -0.737. The van der Waals surface area contributed by atoms with Crippen LogP contribution in [-0.4, -0.2) is 35.3 Å². The van der Waals surface area contributed by atoms with E-state index in [1.807, 2.05) is 19.1 Å². The first kappa shape index (κ1) is 17.6. The van der Waals surface area contributed by atoms with Crippen molar-refractivity contribution in [2.75, 3.05) is 13.7 Å². The summed E-state index contributed by atoms with van der Waals surface area (Å²) in [6.45, 7) is 4.53. The summed E-state index contributed by atoms with van der Waals surface area (Å²) in [5, 5.41) is 0. The Morgan fingerprint density at radius 1 is 1.12 bits per heavy atom. The number of carbonyl (C=O) groups excluding carboxylic acids is 2. The number of fused-ring (bicyclic) bond motifs is 1. The van der Waals surface area contributed by atoms with Gasteiger partial charge < -0.3 is 0 Å². The van der Waals surface area contributed by atoms with Gasteiger partial charge in [-0.25, -0.2) is 4.84 Å². The molecule has 6 nitrogen and oxygen atoms in total. The molecule has 0 spiro atoms. The van der Waals surface area contributed by atoms with Gasteiger partial charge in [-0.2, -0.15) is 0 Å². The van der Waals surface area contributed by atoms with Gasteiger partial charge in [-0.15, -0.1) is 0 Å². The maximum Gasteiger partial charge on any atom is 0.320 e. The summed E-state index contributed by atoms with van der Waals surface area (Å²) in [7, 11) is 1.30. The minimum atomic E-state index is -0.619. The number of nitrogens with zero attached hydrogens (tertiary/aromatic N) is 2. The lowest BCUT2D eigenvalue weighted by atomic mass is 9.90. The third-order valence-electron chi connectivity index (χ3n) is 5.66. The fourth-order valence-electron chi connectivity index (χ4n) is 4.19. The van der Waals surface area contributed by atoms with Crippen molar-refractivity contribution < 1.29 is 19.3 Å². The monoisotopic (exact) mass is 345 g/mol. The summed E-state index contributed by atoms with van der Waals surface area (Å²) in [6, 6.07) is 7.03. The second-order valence-corrected chi connectivity index (χ2v) is 7.08. The van der Waals surface area contributed by atoms with Gasteiger partial charge >= 0.3 is 5.69 Å². The van der Waals surface area contributed by atoms with Crippen LogP contribution in [0.15, 0.2) is 24.3 Å². The van der Waals surface area contributed by atoms with E-state index in [-0.39, 0.29) is 23.7 Å². The van der Waals surface area contributed by atoms with Gasteiger partial charge in [0.25, 0.3) is 4.92 Å². The summed E-state index contributed by atoms with van der Waals surface area (Å²) < 4.78 is 0. The fraction of sp³-hybridized carbons (Fsp3) is 0.579. The second kappa shape index (κ2) is 6.58. The number of carbonyl (C=O) groups is 2. The highest BCUT2D eigenvalue weighted by atomic mass is 16.8. The highest BCUT2D eigenvalue weighted by Crippen LogP contribution is 2.65. The molecule has 2 atom stereocenters. The second-order valence-electron chi connectivity index (χ2n) is 7.08. The number of unbranched alkanes of at least 4 members (excludes halogenated alkanes) is 3. The first-order valence-electron chi connectivity index (χ1n) is 8.94. The zero-order chi connectivity index (χ0) is 18.2. The van der Waals surface area contributed by atoms with Crippen LogP contribution in [0.25, 0.3) is 0 Å². The van der Waals surface area contributed by atoms with Crippen LogP contribution in [0.5, 0.6) is 0 Å². The highest BCUT2D eigenvalue weighted by Gasteiger charge is 2.76. The number of hydrogen-bond donors (Lipinski definition) is 0. The molecule has 2 unspecified atom stereocenters. The Kier molecular flexibility index (Phi) is 4.62. The zero-order valence-electron chi connectivity index (χ0n) is 15.0. The standard InChI is InChI=1S/C19H25N2O4/c1-4-5-6-9-12-20-17(22)15-16(18(20)23)19(15,2)13-10-7-8-11-14(13)21(24)25-3/h7-8,10-11,15-16H,4-6,9,12H2,1-3H3/q+1. The first-order chi connectivity index (χ1) is 12.0. The summed E-state index contributed by atoms with van der Waals surface area (Å²) in [5.41, 5.74) is 0.442. The maximum atomic E-state index is 12.7. The van der Waals surface area contributed by atoms with Crippen molar-refractivity contribution in [3.8, 4) is 0 Å². The van der Waals surface area contributed by atoms with Crippen LogP contribution in [0.1, 0.15) is 45.1 Å². The predicted octanol–water partition coefficient (Wildman–Crippen LogP) is 3.11. The lowest BCUT2D eigenvalue weighted by Crippen LogP contribution is -2.38. The molecule has 0 aromatic heterocycles. The van der Waals surface area contributed by atoms with E-state index in [4.69, 9.17) is 4.84 Å². The Morgan fingerprint density at radius 2 is 1.76 bits per heavy atom. The Hall–Kier alpha value is -2.24. The SMILES string of the molecule is CCCCCCN1C(=O)C2C(C1=O)C2(C)c1ccccc1[N+](=O)OC. The predicted molar refractivity (Wildman–Crippen MR) is 91.9 cm³/mol. The Morgan fingerprint density at radius 3 is 2.36 bits per heavy atom. The quantitative estimate of drug-likeness (QED) is 0.412. The van der Waals surface area contributed by atoms with E-state index in [9.17, 15) is 14.5 Å². The van der Waals surface area contributed by atoms with Crippen LogP contribution in [0, 0.1) is 16.7 Å². The van der Waals surface area contributed by atoms with Gasteiger partial charge in [0.15, 0.2) is 7.11 Å². The highest BCUT2D eigenvalue weighted by molar-refractivity contribution is 6.12. The Bertz CT molecular complexity index is 693. The van der Waals surface area contributed by atoms with E-state index in [0.717, 1.165) is 25.7 Å². The molecule has 3 rings (SSSR count). The number of imide groups is 1. The number of hydrogen-bond acceptors (Lipinski definition) is 4. The first-order valence-corrected chi connectivity index (χ1v) is 8.94. The third kappa shape index (κ3) is 2.64. The van der Waals surface area contributed by atoms with Crippen LogP contribution in [0.4, 0.5) is 5.69 Å². The molecule has 1 aromatic carbocycles. The van der Waals surface area contributed by atoms with Crippen molar-refractivity contribution in [1.82, 2.24) is 4.90 Å². The molecule has 1 heterocycles. The molecule has 2 aliphatic rings. The topological polar surface area (TPSA) is 66.7 Å². The number of benzene rings is 1. The molecule has 2 fully saturated rings. The molecule has 2 amide bonds. The molecule has 134 valence electrons. The van der Waals surface area contributed by atoms with Crippen molar-refractivity contribution in [2.45, 2.75) is 44.9 Å². The summed E-state index contributed by atoms with van der Waals surface area (Å²) in [4.78, 5) is 44.1. The van der Waals surface area contributed by atoms with E-state index in [1.165, 1.54) is 12.0 Å². The zero-order valence-corrected chi connectivity index (χ0v) is 15.0. The molecule has 25 heavy (non-hydrogen) atoms.